The zero-order chi connectivity index (χ0) is 13.5. The standard InChI is InChI=1S/C12H11ClN4O/c1-8(2)18-12-4-3-9(5-11(12)13)16-17-10(6-14)7-15/h3-5,8,16H,1-2H3. The maximum Gasteiger partial charge on any atom is 0.237 e. The molecule has 0 heterocycles. The van der Waals surface area contributed by atoms with Crippen molar-refractivity contribution >= 4 is 23.0 Å². The zero-order valence-electron chi connectivity index (χ0n) is 9.94. The number of benzene rings is 1. The van der Waals surface area contributed by atoms with Gasteiger partial charge >= 0.3 is 0 Å². The molecule has 0 aliphatic heterocycles. The number of hydrogen-bond donors (Lipinski definition) is 1. The molecule has 1 rings (SSSR count). The van der Waals surface area contributed by atoms with Crippen LogP contribution in [0.3, 0.4) is 0 Å². The maximum atomic E-state index is 8.51. The highest BCUT2D eigenvalue weighted by Crippen LogP contribution is 2.28. The van der Waals surface area contributed by atoms with Gasteiger partial charge in [-0.25, -0.2) is 0 Å². The van der Waals surface area contributed by atoms with E-state index in [1.165, 1.54) is 0 Å². The van der Waals surface area contributed by atoms with E-state index in [1.54, 1.807) is 30.3 Å². The Morgan fingerprint density at radius 1 is 1.39 bits per heavy atom. The van der Waals surface area contributed by atoms with Crippen molar-refractivity contribution < 1.29 is 4.74 Å². The molecule has 0 fully saturated rings. The molecule has 1 aromatic carbocycles. The number of anilines is 1. The SMILES string of the molecule is CC(C)Oc1ccc(NN=C(C#N)C#N)cc1Cl. The molecule has 0 saturated carbocycles. The average molecular weight is 263 g/mol. The Kier molecular flexibility index (Phi) is 4.98. The van der Waals surface area contributed by atoms with Gasteiger partial charge in [-0.15, -0.1) is 0 Å². The van der Waals surface area contributed by atoms with Crippen LogP contribution >= 0.6 is 11.6 Å². The first-order chi connectivity index (χ1) is 8.56. The Labute approximate surface area is 110 Å². The predicted octanol–water partition coefficient (Wildman–Crippen LogP) is 2.94. The third-order valence-corrected chi connectivity index (χ3v) is 2.10. The summed E-state index contributed by atoms with van der Waals surface area (Å²) in [5, 5.41) is 21.1. The van der Waals surface area contributed by atoms with Crippen molar-refractivity contribution in [2.24, 2.45) is 5.10 Å². The van der Waals surface area contributed by atoms with Gasteiger partial charge in [0.05, 0.1) is 16.8 Å². The Bertz CT molecular complexity index is 524. The van der Waals surface area contributed by atoms with E-state index in [0.717, 1.165) is 0 Å². The number of hydrogen-bond acceptors (Lipinski definition) is 5. The fraction of sp³-hybridized carbons (Fsp3) is 0.250. The van der Waals surface area contributed by atoms with E-state index in [1.807, 2.05) is 13.8 Å². The van der Waals surface area contributed by atoms with Crippen LogP contribution in [0.1, 0.15) is 13.8 Å². The lowest BCUT2D eigenvalue weighted by atomic mass is 10.3. The van der Waals surface area contributed by atoms with Crippen LogP contribution in [-0.2, 0) is 0 Å². The van der Waals surface area contributed by atoms with Crippen molar-refractivity contribution in [1.29, 1.82) is 10.5 Å². The molecule has 0 aromatic heterocycles. The van der Waals surface area contributed by atoms with Gasteiger partial charge < -0.3 is 4.74 Å². The first-order valence-corrected chi connectivity index (χ1v) is 5.54. The number of nitrogens with one attached hydrogen (secondary N) is 1. The van der Waals surface area contributed by atoms with E-state index in [-0.39, 0.29) is 11.8 Å². The highest BCUT2D eigenvalue weighted by Gasteiger charge is 2.05. The minimum absolute atomic E-state index is 0.0307. The van der Waals surface area contributed by atoms with Gasteiger partial charge in [-0.05, 0) is 32.0 Å². The number of nitrogens with zero attached hydrogens (tertiary/aromatic N) is 3. The van der Waals surface area contributed by atoms with Gasteiger partial charge in [0.25, 0.3) is 0 Å². The quantitative estimate of drug-likeness (QED) is 0.668. The minimum Gasteiger partial charge on any atom is -0.489 e. The van der Waals surface area contributed by atoms with Crippen LogP contribution in [0.25, 0.3) is 0 Å². The monoisotopic (exact) mass is 262 g/mol. The first kappa shape index (κ1) is 13.8. The number of ether oxygens (including phenoxy) is 1. The molecule has 0 spiro atoms. The van der Waals surface area contributed by atoms with E-state index < -0.39 is 0 Å². The molecule has 5 nitrogen and oxygen atoms in total. The van der Waals surface area contributed by atoms with Crippen molar-refractivity contribution in [2.45, 2.75) is 20.0 Å². The van der Waals surface area contributed by atoms with Gasteiger partial charge in [0.15, 0.2) is 0 Å². The molecular formula is C12H11ClN4O. The Morgan fingerprint density at radius 2 is 2.06 bits per heavy atom. The molecule has 0 amide bonds. The summed E-state index contributed by atoms with van der Waals surface area (Å²) in [4.78, 5) is 0. The Morgan fingerprint density at radius 3 is 2.56 bits per heavy atom. The van der Waals surface area contributed by atoms with E-state index in [9.17, 15) is 0 Å². The van der Waals surface area contributed by atoms with Gasteiger partial charge in [-0.2, -0.15) is 15.6 Å². The van der Waals surface area contributed by atoms with Crippen LogP contribution in [0.15, 0.2) is 23.3 Å². The molecule has 6 heteroatoms. The lowest BCUT2D eigenvalue weighted by Crippen LogP contribution is -2.06. The molecule has 92 valence electrons. The second-order valence-electron chi connectivity index (χ2n) is 3.61. The first-order valence-electron chi connectivity index (χ1n) is 5.17. The third kappa shape index (κ3) is 3.97. The number of halogens is 1. The number of rotatable bonds is 4. The molecule has 0 saturated heterocycles. The van der Waals surface area contributed by atoms with E-state index >= 15 is 0 Å². The van der Waals surface area contributed by atoms with E-state index in [0.29, 0.717) is 16.5 Å². The van der Waals surface area contributed by atoms with Crippen molar-refractivity contribution in [3.63, 3.8) is 0 Å². The highest BCUT2D eigenvalue weighted by molar-refractivity contribution is 6.32. The minimum atomic E-state index is -0.256. The number of nitriles is 2. The average Bonchev–Trinajstić information content (AvgIpc) is 2.33. The van der Waals surface area contributed by atoms with Gasteiger partial charge in [0.2, 0.25) is 5.71 Å². The molecule has 0 bridgehead atoms. The summed E-state index contributed by atoms with van der Waals surface area (Å²) in [5.74, 6) is 0.571. The Hall–Kier alpha value is -2.24. The van der Waals surface area contributed by atoms with Gasteiger partial charge in [0.1, 0.15) is 17.9 Å². The van der Waals surface area contributed by atoms with Gasteiger partial charge in [-0.1, -0.05) is 11.6 Å². The van der Waals surface area contributed by atoms with Gasteiger partial charge in [-0.3, -0.25) is 5.43 Å². The molecular weight excluding hydrogens is 252 g/mol. The van der Waals surface area contributed by atoms with E-state index in [4.69, 9.17) is 26.9 Å². The van der Waals surface area contributed by atoms with Crippen LogP contribution < -0.4 is 10.2 Å². The van der Waals surface area contributed by atoms with E-state index in [2.05, 4.69) is 10.5 Å². The van der Waals surface area contributed by atoms with Crippen molar-refractivity contribution in [1.82, 2.24) is 0 Å². The lowest BCUT2D eigenvalue weighted by molar-refractivity contribution is 0.242. The third-order valence-electron chi connectivity index (χ3n) is 1.80. The van der Waals surface area contributed by atoms with Crippen LogP contribution in [0.4, 0.5) is 5.69 Å². The molecule has 0 unspecified atom stereocenters. The van der Waals surface area contributed by atoms with Crippen molar-refractivity contribution in [2.75, 3.05) is 5.43 Å². The fourth-order valence-electron chi connectivity index (χ4n) is 1.12. The number of hydrazone groups is 1. The van der Waals surface area contributed by atoms with Crippen LogP contribution in [0.2, 0.25) is 5.02 Å². The summed E-state index contributed by atoms with van der Waals surface area (Å²) in [6, 6.07) is 8.28. The topological polar surface area (TPSA) is 81.2 Å². The molecule has 0 radical (unpaired) electrons. The molecule has 1 aromatic rings. The molecule has 0 aliphatic rings. The van der Waals surface area contributed by atoms with Crippen LogP contribution in [-0.4, -0.2) is 11.8 Å². The molecule has 0 atom stereocenters. The predicted molar refractivity (Wildman–Crippen MR) is 69.5 cm³/mol. The molecule has 0 aliphatic carbocycles. The summed E-state index contributed by atoms with van der Waals surface area (Å²) in [6.07, 6.45) is 0.0307. The summed E-state index contributed by atoms with van der Waals surface area (Å²) < 4.78 is 5.47. The Balaban J connectivity index is 2.83. The maximum absolute atomic E-state index is 8.51. The normalized spacial score (nSPS) is 9.22. The highest BCUT2D eigenvalue weighted by atomic mass is 35.5. The summed E-state index contributed by atoms with van der Waals surface area (Å²) in [7, 11) is 0. The van der Waals surface area contributed by atoms with Crippen LogP contribution in [0, 0.1) is 22.7 Å². The van der Waals surface area contributed by atoms with Crippen LogP contribution in [0.5, 0.6) is 5.75 Å². The van der Waals surface area contributed by atoms with Crippen molar-refractivity contribution in [3.8, 4) is 17.9 Å². The summed E-state index contributed by atoms with van der Waals surface area (Å²) in [5.41, 5.74) is 2.88. The summed E-state index contributed by atoms with van der Waals surface area (Å²) >= 11 is 6.01. The largest absolute Gasteiger partial charge is 0.489 e. The molecule has 1 N–H and O–H groups in total. The zero-order valence-corrected chi connectivity index (χ0v) is 10.7. The lowest BCUT2D eigenvalue weighted by Gasteiger charge is -2.11. The molecule has 18 heavy (non-hydrogen) atoms. The summed E-state index contributed by atoms with van der Waals surface area (Å²) in [6.45, 7) is 3.80. The van der Waals surface area contributed by atoms with Crippen molar-refractivity contribution in [3.05, 3.63) is 23.2 Å². The fourth-order valence-corrected chi connectivity index (χ4v) is 1.34. The smallest absolute Gasteiger partial charge is 0.237 e. The van der Waals surface area contributed by atoms with Gasteiger partial charge in [0, 0.05) is 0 Å². The second kappa shape index (κ2) is 6.48. The second-order valence-corrected chi connectivity index (χ2v) is 4.01.